The van der Waals surface area contributed by atoms with Crippen molar-refractivity contribution in [3.8, 4) is 34.1 Å². The van der Waals surface area contributed by atoms with Crippen LogP contribution in [0.1, 0.15) is 34.0 Å². The van der Waals surface area contributed by atoms with Crippen LogP contribution in [0, 0.1) is 6.92 Å². The van der Waals surface area contributed by atoms with Crippen LogP contribution in [0.25, 0.3) is 33.5 Å². The Morgan fingerprint density at radius 1 is 1.14 bits per heavy atom. The number of aromatic hydroxyl groups is 1. The standard InChI is InChI=1S/C26H23N5O3S/c1-14-13-35-26(28-14)15(2)29-24(33)17-6-8-20-21(12-17)31-23(30-20)19-11-16(7-9-22(19)32)18-5-4-10-27-25(18)34-3/h4-13,15,32H,1-3H3,(H,29,33)(H,30,31). The highest BCUT2D eigenvalue weighted by molar-refractivity contribution is 7.09. The van der Waals surface area contributed by atoms with E-state index in [9.17, 15) is 9.90 Å². The van der Waals surface area contributed by atoms with Gasteiger partial charge in [-0.3, -0.25) is 4.79 Å². The van der Waals surface area contributed by atoms with Crippen LogP contribution in [0.5, 0.6) is 11.6 Å². The summed E-state index contributed by atoms with van der Waals surface area (Å²) in [7, 11) is 1.57. The van der Waals surface area contributed by atoms with Gasteiger partial charge in [0, 0.05) is 28.4 Å². The molecule has 9 heteroatoms. The van der Waals surface area contributed by atoms with Gasteiger partial charge in [0.15, 0.2) is 0 Å². The molecule has 176 valence electrons. The van der Waals surface area contributed by atoms with Crippen molar-refractivity contribution in [2.75, 3.05) is 7.11 Å². The minimum absolute atomic E-state index is 0.0844. The number of carbonyl (C=O) groups excluding carboxylic acids is 1. The summed E-state index contributed by atoms with van der Waals surface area (Å²) in [5, 5.41) is 16.4. The van der Waals surface area contributed by atoms with Crippen molar-refractivity contribution in [3.05, 3.63) is 76.4 Å². The number of aryl methyl sites for hydroxylation is 1. The fourth-order valence-electron chi connectivity index (χ4n) is 3.86. The molecular formula is C26H23N5O3S. The van der Waals surface area contributed by atoms with Crippen LogP contribution < -0.4 is 10.1 Å². The number of ether oxygens (including phenoxy) is 1. The minimum Gasteiger partial charge on any atom is -0.507 e. The molecule has 8 nitrogen and oxygen atoms in total. The number of aromatic amines is 1. The van der Waals surface area contributed by atoms with Crippen molar-refractivity contribution in [1.29, 1.82) is 0 Å². The molecule has 0 aliphatic rings. The van der Waals surface area contributed by atoms with Crippen LogP contribution in [0.2, 0.25) is 0 Å². The summed E-state index contributed by atoms with van der Waals surface area (Å²) in [6, 6.07) is 14.1. The van der Waals surface area contributed by atoms with Crippen molar-refractivity contribution < 1.29 is 14.6 Å². The van der Waals surface area contributed by atoms with Crippen molar-refractivity contribution in [2.24, 2.45) is 0 Å². The number of fused-ring (bicyclic) bond motifs is 1. The molecule has 1 amide bonds. The van der Waals surface area contributed by atoms with Gasteiger partial charge in [0.05, 0.1) is 29.7 Å². The van der Waals surface area contributed by atoms with Gasteiger partial charge in [-0.05, 0) is 61.9 Å². The zero-order valence-corrected chi connectivity index (χ0v) is 20.2. The number of benzene rings is 2. The maximum absolute atomic E-state index is 12.8. The second-order valence-electron chi connectivity index (χ2n) is 8.13. The van der Waals surface area contributed by atoms with Crippen LogP contribution >= 0.6 is 11.3 Å². The van der Waals surface area contributed by atoms with Gasteiger partial charge in [0.1, 0.15) is 16.6 Å². The van der Waals surface area contributed by atoms with Gasteiger partial charge >= 0.3 is 0 Å². The molecule has 3 N–H and O–H groups in total. The number of carbonyl (C=O) groups is 1. The number of nitrogens with one attached hydrogen (secondary N) is 2. The maximum Gasteiger partial charge on any atom is 0.251 e. The lowest BCUT2D eigenvalue weighted by molar-refractivity contribution is 0.0940. The predicted octanol–water partition coefficient (Wildman–Crippen LogP) is 5.26. The third-order valence-electron chi connectivity index (χ3n) is 5.63. The molecular weight excluding hydrogens is 462 g/mol. The Balaban J connectivity index is 1.45. The molecule has 5 rings (SSSR count). The summed E-state index contributed by atoms with van der Waals surface area (Å²) in [5.41, 5.74) is 4.98. The first-order chi connectivity index (χ1) is 16.9. The SMILES string of the molecule is COc1ncccc1-c1ccc(O)c(-c2nc3ccc(C(=O)NC(C)c4nc(C)cs4)cc3[nH]2)c1. The van der Waals surface area contributed by atoms with Crippen LogP contribution in [0.15, 0.2) is 60.1 Å². The number of rotatable bonds is 6. The van der Waals surface area contributed by atoms with E-state index in [4.69, 9.17) is 4.74 Å². The molecule has 2 aromatic carbocycles. The van der Waals surface area contributed by atoms with Crippen molar-refractivity contribution in [2.45, 2.75) is 19.9 Å². The van der Waals surface area contributed by atoms with E-state index >= 15 is 0 Å². The Morgan fingerprint density at radius 3 is 2.77 bits per heavy atom. The van der Waals surface area contributed by atoms with Crippen molar-refractivity contribution >= 4 is 28.3 Å². The van der Waals surface area contributed by atoms with E-state index in [2.05, 4.69) is 25.3 Å². The summed E-state index contributed by atoms with van der Waals surface area (Å²) in [6.07, 6.45) is 1.66. The number of phenols is 1. The van der Waals surface area contributed by atoms with E-state index in [0.29, 0.717) is 33.9 Å². The Kier molecular flexibility index (Phi) is 5.92. The minimum atomic E-state index is -0.197. The number of thiazole rings is 1. The number of amides is 1. The lowest BCUT2D eigenvalue weighted by atomic mass is 10.0. The van der Waals surface area contributed by atoms with E-state index in [1.54, 1.807) is 43.6 Å². The number of H-pyrrole nitrogens is 1. The molecule has 5 aromatic rings. The molecule has 0 saturated carbocycles. The highest BCUT2D eigenvalue weighted by Gasteiger charge is 2.17. The fourth-order valence-corrected chi connectivity index (χ4v) is 4.66. The van der Waals surface area contributed by atoms with Gasteiger partial charge in [-0.2, -0.15) is 0 Å². The topological polar surface area (TPSA) is 113 Å². The maximum atomic E-state index is 12.8. The quantitative estimate of drug-likeness (QED) is 0.302. The molecule has 0 aliphatic heterocycles. The summed E-state index contributed by atoms with van der Waals surface area (Å²) in [6.45, 7) is 3.84. The highest BCUT2D eigenvalue weighted by Crippen LogP contribution is 2.35. The molecule has 0 aliphatic carbocycles. The van der Waals surface area contributed by atoms with E-state index in [0.717, 1.165) is 21.8 Å². The first-order valence-electron chi connectivity index (χ1n) is 11.0. The number of nitrogens with zero attached hydrogens (tertiary/aromatic N) is 3. The average Bonchev–Trinajstić information content (AvgIpc) is 3.50. The lowest BCUT2D eigenvalue weighted by Crippen LogP contribution is -2.26. The smallest absolute Gasteiger partial charge is 0.251 e. The molecule has 1 atom stereocenters. The number of methoxy groups -OCH3 is 1. The average molecular weight is 486 g/mol. The molecule has 0 fully saturated rings. The zero-order chi connectivity index (χ0) is 24.5. The molecule has 3 heterocycles. The van der Waals surface area contributed by atoms with Crippen molar-refractivity contribution in [3.63, 3.8) is 0 Å². The summed E-state index contributed by atoms with van der Waals surface area (Å²) >= 11 is 1.52. The van der Waals surface area contributed by atoms with Gasteiger partial charge in [-0.1, -0.05) is 6.07 Å². The van der Waals surface area contributed by atoms with Gasteiger partial charge in [-0.15, -0.1) is 11.3 Å². The summed E-state index contributed by atoms with van der Waals surface area (Å²) < 4.78 is 5.38. The predicted molar refractivity (Wildman–Crippen MR) is 136 cm³/mol. The van der Waals surface area contributed by atoms with E-state index < -0.39 is 0 Å². The third-order valence-corrected chi connectivity index (χ3v) is 6.77. The van der Waals surface area contributed by atoms with Gasteiger partial charge < -0.3 is 20.1 Å². The van der Waals surface area contributed by atoms with Crippen LogP contribution in [0.4, 0.5) is 0 Å². The fraction of sp³-hybridized carbons (Fsp3) is 0.154. The van der Waals surface area contributed by atoms with Crippen LogP contribution in [-0.4, -0.2) is 38.1 Å². The first kappa shape index (κ1) is 22.5. The first-order valence-corrected chi connectivity index (χ1v) is 11.9. The second kappa shape index (κ2) is 9.19. The highest BCUT2D eigenvalue weighted by atomic mass is 32.1. The Labute approximate surface area is 205 Å². The van der Waals surface area contributed by atoms with Gasteiger partial charge in [0.25, 0.3) is 5.91 Å². The number of pyridine rings is 1. The van der Waals surface area contributed by atoms with Crippen LogP contribution in [0.3, 0.4) is 0 Å². The van der Waals surface area contributed by atoms with E-state index in [1.165, 1.54) is 11.3 Å². The second-order valence-corrected chi connectivity index (χ2v) is 9.02. The molecule has 35 heavy (non-hydrogen) atoms. The summed E-state index contributed by atoms with van der Waals surface area (Å²) in [4.78, 5) is 29.4. The lowest BCUT2D eigenvalue weighted by Gasteiger charge is -2.11. The number of hydrogen-bond donors (Lipinski definition) is 3. The molecule has 3 aromatic heterocycles. The van der Waals surface area contributed by atoms with Crippen LogP contribution in [-0.2, 0) is 0 Å². The normalized spacial score (nSPS) is 12.0. The molecule has 1 unspecified atom stereocenters. The van der Waals surface area contributed by atoms with Gasteiger partial charge in [0.2, 0.25) is 5.88 Å². The van der Waals surface area contributed by atoms with Crippen molar-refractivity contribution in [1.82, 2.24) is 25.3 Å². The van der Waals surface area contributed by atoms with E-state index in [-0.39, 0.29) is 17.7 Å². The molecule has 0 bridgehead atoms. The number of imidazole rings is 1. The molecule has 0 spiro atoms. The number of phenolic OH excluding ortho intramolecular Hbond substituents is 1. The Morgan fingerprint density at radius 2 is 2.00 bits per heavy atom. The largest absolute Gasteiger partial charge is 0.507 e. The molecule has 0 saturated heterocycles. The number of aromatic nitrogens is 4. The Hall–Kier alpha value is -4.24. The zero-order valence-electron chi connectivity index (χ0n) is 19.4. The number of hydrogen-bond acceptors (Lipinski definition) is 7. The van der Waals surface area contributed by atoms with Gasteiger partial charge in [-0.25, -0.2) is 15.0 Å². The third kappa shape index (κ3) is 4.45. The Bertz CT molecular complexity index is 1540. The van der Waals surface area contributed by atoms with E-state index in [1.807, 2.05) is 37.4 Å². The molecule has 0 radical (unpaired) electrons. The summed E-state index contributed by atoms with van der Waals surface area (Å²) in [5.74, 6) is 0.871. The monoisotopic (exact) mass is 485 g/mol.